The van der Waals surface area contributed by atoms with Crippen molar-refractivity contribution in [2.75, 3.05) is 7.11 Å². The fourth-order valence-corrected chi connectivity index (χ4v) is 1.16. The molecule has 0 saturated heterocycles. The molecule has 0 unspecified atom stereocenters. The highest BCUT2D eigenvalue weighted by molar-refractivity contribution is 5.92. The van der Waals surface area contributed by atoms with Crippen molar-refractivity contribution in [2.24, 2.45) is 0 Å². The Kier molecular flexibility index (Phi) is 3.12. The highest BCUT2D eigenvalue weighted by atomic mass is 16.6. The molecule has 0 aliphatic carbocycles. The van der Waals surface area contributed by atoms with Crippen molar-refractivity contribution in [2.45, 2.75) is 0 Å². The lowest BCUT2D eigenvalue weighted by molar-refractivity contribution is -0.385. The van der Waals surface area contributed by atoms with Crippen LogP contribution in [0.5, 0.6) is 5.75 Å². The van der Waals surface area contributed by atoms with Crippen molar-refractivity contribution < 1.29 is 19.2 Å². The van der Waals surface area contributed by atoms with Crippen molar-refractivity contribution in [3.05, 3.63) is 33.4 Å². The number of aldehydes is 2. The predicted molar refractivity (Wildman–Crippen MR) is 50.4 cm³/mol. The standard InChI is InChI=1S/C9H7NO5/c1-15-8-2-6(4-11)9(10(13)14)7(3-8)5-12/h2-5H,1H3. The van der Waals surface area contributed by atoms with Crippen LogP contribution in [0.1, 0.15) is 20.7 Å². The van der Waals surface area contributed by atoms with E-state index in [1.54, 1.807) is 0 Å². The zero-order valence-corrected chi connectivity index (χ0v) is 7.80. The van der Waals surface area contributed by atoms with Crippen LogP contribution in [0, 0.1) is 10.1 Å². The molecule has 0 fully saturated rings. The van der Waals surface area contributed by atoms with Gasteiger partial charge in [-0.1, -0.05) is 0 Å². The van der Waals surface area contributed by atoms with Crippen LogP contribution in [0.2, 0.25) is 0 Å². The second-order valence-electron chi connectivity index (χ2n) is 2.65. The number of nitro benzene ring substituents is 1. The number of benzene rings is 1. The molecule has 0 saturated carbocycles. The van der Waals surface area contributed by atoms with Gasteiger partial charge in [0.2, 0.25) is 0 Å². The first-order valence-electron chi connectivity index (χ1n) is 3.90. The molecule has 0 aliphatic rings. The van der Waals surface area contributed by atoms with Gasteiger partial charge in [-0.3, -0.25) is 19.7 Å². The lowest BCUT2D eigenvalue weighted by atomic mass is 10.1. The van der Waals surface area contributed by atoms with E-state index in [4.69, 9.17) is 4.74 Å². The normalized spacial score (nSPS) is 9.40. The van der Waals surface area contributed by atoms with E-state index in [0.29, 0.717) is 12.6 Å². The van der Waals surface area contributed by atoms with E-state index in [0.717, 1.165) is 0 Å². The molecule has 1 rings (SSSR count). The van der Waals surface area contributed by atoms with Crippen molar-refractivity contribution in [3.63, 3.8) is 0 Å². The van der Waals surface area contributed by atoms with Crippen molar-refractivity contribution in [1.82, 2.24) is 0 Å². The molecule has 0 aromatic heterocycles. The minimum atomic E-state index is -0.771. The van der Waals surface area contributed by atoms with Crippen LogP contribution in [-0.2, 0) is 0 Å². The Morgan fingerprint density at radius 2 is 1.73 bits per heavy atom. The molecule has 1 aromatic rings. The van der Waals surface area contributed by atoms with Crippen LogP contribution in [-0.4, -0.2) is 24.6 Å². The molecule has 0 aliphatic heterocycles. The summed E-state index contributed by atoms with van der Waals surface area (Å²) in [5.41, 5.74) is -0.858. The van der Waals surface area contributed by atoms with Gasteiger partial charge in [-0.2, -0.15) is 0 Å². The Balaban J connectivity index is 3.52. The second kappa shape index (κ2) is 4.32. The van der Waals surface area contributed by atoms with Crippen LogP contribution < -0.4 is 4.74 Å². The Bertz CT molecular complexity index is 398. The van der Waals surface area contributed by atoms with Gasteiger partial charge in [0, 0.05) is 0 Å². The first-order valence-corrected chi connectivity index (χ1v) is 3.90. The number of carbonyl (C=O) groups excluding carboxylic acids is 2. The summed E-state index contributed by atoms with van der Waals surface area (Å²) in [6, 6.07) is 2.41. The summed E-state index contributed by atoms with van der Waals surface area (Å²) < 4.78 is 4.79. The van der Waals surface area contributed by atoms with Gasteiger partial charge in [0.25, 0.3) is 5.69 Å². The average molecular weight is 209 g/mol. The molecule has 15 heavy (non-hydrogen) atoms. The molecular formula is C9H7NO5. The van der Waals surface area contributed by atoms with Crippen molar-refractivity contribution in [3.8, 4) is 5.75 Å². The van der Waals surface area contributed by atoms with Gasteiger partial charge >= 0.3 is 0 Å². The van der Waals surface area contributed by atoms with Crippen LogP contribution in [0.4, 0.5) is 5.69 Å². The van der Waals surface area contributed by atoms with Crippen LogP contribution in [0.25, 0.3) is 0 Å². The topological polar surface area (TPSA) is 86.5 Å². The molecule has 0 radical (unpaired) electrons. The zero-order valence-electron chi connectivity index (χ0n) is 7.80. The Morgan fingerprint density at radius 3 is 2.00 bits per heavy atom. The van der Waals surface area contributed by atoms with E-state index >= 15 is 0 Å². The van der Waals surface area contributed by atoms with Gasteiger partial charge < -0.3 is 4.74 Å². The maximum atomic E-state index is 10.6. The number of methoxy groups -OCH3 is 1. The molecule has 1 aromatic carbocycles. The quantitative estimate of drug-likeness (QED) is 0.422. The maximum Gasteiger partial charge on any atom is 0.290 e. The summed E-state index contributed by atoms with van der Waals surface area (Å²) >= 11 is 0. The van der Waals surface area contributed by atoms with Gasteiger partial charge in [0.15, 0.2) is 12.6 Å². The van der Waals surface area contributed by atoms with Crippen molar-refractivity contribution >= 4 is 18.3 Å². The van der Waals surface area contributed by atoms with E-state index in [1.807, 2.05) is 0 Å². The number of carbonyl (C=O) groups is 2. The Hall–Kier alpha value is -2.24. The van der Waals surface area contributed by atoms with E-state index in [1.165, 1.54) is 19.2 Å². The number of hydrogen-bond donors (Lipinski definition) is 0. The highest BCUT2D eigenvalue weighted by Gasteiger charge is 2.20. The molecule has 0 N–H and O–H groups in total. The zero-order chi connectivity index (χ0) is 11.4. The first-order chi connectivity index (χ1) is 7.13. The number of hydrogen-bond acceptors (Lipinski definition) is 5. The molecule has 0 spiro atoms. The average Bonchev–Trinajstić information content (AvgIpc) is 2.26. The number of nitro groups is 1. The third-order valence-electron chi connectivity index (χ3n) is 1.81. The van der Waals surface area contributed by atoms with E-state index in [9.17, 15) is 19.7 Å². The first kappa shape index (κ1) is 10.8. The molecule has 6 nitrogen and oxygen atoms in total. The minimum absolute atomic E-state index is 0.179. The lowest BCUT2D eigenvalue weighted by Gasteiger charge is -2.03. The van der Waals surface area contributed by atoms with Gasteiger partial charge in [-0.05, 0) is 12.1 Å². The van der Waals surface area contributed by atoms with Gasteiger partial charge in [-0.25, -0.2) is 0 Å². The summed E-state index contributed by atoms with van der Waals surface area (Å²) in [6.07, 6.45) is 0.626. The van der Waals surface area contributed by atoms with E-state index < -0.39 is 10.6 Å². The molecule has 0 heterocycles. The molecular weight excluding hydrogens is 202 g/mol. The molecule has 6 heteroatoms. The summed E-state index contributed by atoms with van der Waals surface area (Å²) in [7, 11) is 1.34. The number of rotatable bonds is 4. The fourth-order valence-electron chi connectivity index (χ4n) is 1.16. The lowest BCUT2D eigenvalue weighted by Crippen LogP contribution is -2.00. The summed E-state index contributed by atoms with van der Waals surface area (Å²) in [5, 5.41) is 10.6. The molecule has 0 bridgehead atoms. The third kappa shape index (κ3) is 1.98. The van der Waals surface area contributed by atoms with Crippen LogP contribution in [0.15, 0.2) is 12.1 Å². The highest BCUT2D eigenvalue weighted by Crippen LogP contribution is 2.26. The maximum absolute atomic E-state index is 10.6. The smallest absolute Gasteiger partial charge is 0.290 e. The van der Waals surface area contributed by atoms with E-state index in [-0.39, 0.29) is 16.9 Å². The van der Waals surface area contributed by atoms with Crippen LogP contribution >= 0.6 is 0 Å². The second-order valence-corrected chi connectivity index (χ2v) is 2.65. The summed E-state index contributed by atoms with van der Waals surface area (Å²) in [6.45, 7) is 0. The number of nitrogens with zero attached hydrogens (tertiary/aromatic N) is 1. The van der Waals surface area contributed by atoms with Gasteiger partial charge in [0.1, 0.15) is 5.75 Å². The largest absolute Gasteiger partial charge is 0.497 e. The summed E-state index contributed by atoms with van der Waals surface area (Å²) in [4.78, 5) is 31.0. The third-order valence-corrected chi connectivity index (χ3v) is 1.81. The Labute approximate surface area is 84.6 Å². The van der Waals surface area contributed by atoms with E-state index in [2.05, 4.69) is 0 Å². The SMILES string of the molecule is COc1cc(C=O)c([N+](=O)[O-])c(C=O)c1. The Morgan fingerprint density at radius 1 is 1.27 bits per heavy atom. The minimum Gasteiger partial charge on any atom is -0.497 e. The van der Waals surface area contributed by atoms with Gasteiger partial charge in [-0.15, -0.1) is 0 Å². The fraction of sp³-hybridized carbons (Fsp3) is 0.111. The van der Waals surface area contributed by atoms with Crippen LogP contribution in [0.3, 0.4) is 0 Å². The molecule has 0 amide bonds. The van der Waals surface area contributed by atoms with Gasteiger partial charge in [0.05, 0.1) is 23.2 Å². The van der Waals surface area contributed by atoms with Crippen molar-refractivity contribution in [1.29, 1.82) is 0 Å². The molecule has 0 atom stereocenters. The number of ether oxygens (including phenoxy) is 1. The predicted octanol–water partition coefficient (Wildman–Crippen LogP) is 1.23. The molecule has 78 valence electrons. The summed E-state index contributed by atoms with van der Waals surface area (Å²) in [5.74, 6) is 0.227. The monoisotopic (exact) mass is 209 g/mol.